The molecule has 1 aromatic carbocycles. The van der Waals surface area contributed by atoms with Gasteiger partial charge in [-0.25, -0.2) is 4.79 Å². The lowest BCUT2D eigenvalue weighted by Gasteiger charge is -2.15. The topological polar surface area (TPSA) is 60.7 Å². The van der Waals surface area contributed by atoms with Gasteiger partial charge in [0.2, 0.25) is 0 Å². The van der Waals surface area contributed by atoms with E-state index in [1.807, 2.05) is 12.1 Å². The van der Waals surface area contributed by atoms with E-state index in [1.165, 1.54) is 5.56 Å². The van der Waals surface area contributed by atoms with E-state index in [0.29, 0.717) is 0 Å². The maximum Gasteiger partial charge on any atom is 0.323 e. The summed E-state index contributed by atoms with van der Waals surface area (Å²) < 4.78 is 0.928. The van der Waals surface area contributed by atoms with Crippen LogP contribution in [0.25, 0.3) is 11.0 Å². The van der Waals surface area contributed by atoms with E-state index in [9.17, 15) is 4.79 Å². The van der Waals surface area contributed by atoms with Gasteiger partial charge in [-0.05, 0) is 57.4 Å². The molecule has 98 valence electrons. The number of fused-ring (bicyclic) bond motifs is 1. The zero-order chi connectivity index (χ0) is 13.4. The zero-order valence-electron chi connectivity index (χ0n) is 10.2. The summed E-state index contributed by atoms with van der Waals surface area (Å²) in [6.07, 6.45) is 0. The number of thiophene rings is 1. The molecule has 3 aromatic rings. The van der Waals surface area contributed by atoms with Crippen LogP contribution in [0.15, 0.2) is 38.2 Å². The number of aromatic amines is 2. The first-order chi connectivity index (χ1) is 9.13. The Labute approximate surface area is 122 Å². The molecule has 1 unspecified atom stereocenters. The van der Waals surface area contributed by atoms with Gasteiger partial charge in [-0.15, -0.1) is 0 Å². The van der Waals surface area contributed by atoms with Gasteiger partial charge < -0.3 is 15.3 Å². The molecule has 0 spiro atoms. The van der Waals surface area contributed by atoms with E-state index in [-0.39, 0.29) is 11.7 Å². The number of rotatable bonds is 3. The molecule has 0 amide bonds. The Morgan fingerprint density at radius 1 is 1.32 bits per heavy atom. The average Bonchev–Trinajstić information content (AvgIpc) is 2.97. The van der Waals surface area contributed by atoms with Crippen LogP contribution >= 0.6 is 27.3 Å². The van der Waals surface area contributed by atoms with Gasteiger partial charge in [-0.2, -0.15) is 11.3 Å². The zero-order valence-corrected chi connectivity index (χ0v) is 12.6. The number of imidazole rings is 1. The van der Waals surface area contributed by atoms with Gasteiger partial charge in [0.05, 0.1) is 16.7 Å². The molecule has 19 heavy (non-hydrogen) atoms. The van der Waals surface area contributed by atoms with Crippen molar-refractivity contribution in [2.24, 2.45) is 0 Å². The molecule has 0 bridgehead atoms. The number of anilines is 1. The highest BCUT2D eigenvalue weighted by Crippen LogP contribution is 2.30. The molecule has 0 aliphatic heterocycles. The van der Waals surface area contributed by atoms with E-state index in [0.717, 1.165) is 21.2 Å². The maximum atomic E-state index is 11.3. The molecule has 0 saturated heterocycles. The molecule has 0 saturated carbocycles. The number of hydrogen-bond acceptors (Lipinski definition) is 3. The number of halogens is 1. The fraction of sp³-hybridized carbons (Fsp3) is 0.154. The van der Waals surface area contributed by atoms with E-state index < -0.39 is 0 Å². The molecular formula is C13H12BrN3OS. The van der Waals surface area contributed by atoms with Crippen LogP contribution in [0.5, 0.6) is 0 Å². The quantitative estimate of drug-likeness (QED) is 0.679. The third-order valence-corrected chi connectivity index (χ3v) is 4.38. The molecular weight excluding hydrogens is 326 g/mol. The fourth-order valence-electron chi connectivity index (χ4n) is 2.00. The van der Waals surface area contributed by atoms with Crippen LogP contribution in [-0.2, 0) is 0 Å². The van der Waals surface area contributed by atoms with E-state index in [4.69, 9.17) is 0 Å². The van der Waals surface area contributed by atoms with Crippen molar-refractivity contribution < 1.29 is 0 Å². The summed E-state index contributed by atoms with van der Waals surface area (Å²) in [5, 5.41) is 7.63. The van der Waals surface area contributed by atoms with Crippen LogP contribution in [0, 0.1) is 0 Å². The predicted octanol–water partition coefficient (Wildman–Crippen LogP) is 3.85. The SMILES string of the molecule is CC(Nc1cc2[nH]c(=O)[nH]c2cc1Br)c1ccsc1. The molecule has 3 N–H and O–H groups in total. The van der Waals surface area contributed by atoms with Crippen molar-refractivity contribution in [3.05, 3.63) is 49.5 Å². The van der Waals surface area contributed by atoms with E-state index >= 15 is 0 Å². The summed E-state index contributed by atoms with van der Waals surface area (Å²) in [6, 6.07) is 6.15. The lowest BCUT2D eigenvalue weighted by Crippen LogP contribution is -2.05. The molecule has 0 aliphatic carbocycles. The summed E-state index contributed by atoms with van der Waals surface area (Å²) in [6.45, 7) is 2.11. The number of hydrogen-bond donors (Lipinski definition) is 3. The maximum absolute atomic E-state index is 11.3. The molecule has 3 rings (SSSR count). The monoisotopic (exact) mass is 337 g/mol. The highest BCUT2D eigenvalue weighted by atomic mass is 79.9. The van der Waals surface area contributed by atoms with Gasteiger partial charge in [0, 0.05) is 10.5 Å². The van der Waals surface area contributed by atoms with Gasteiger partial charge in [0.1, 0.15) is 0 Å². The van der Waals surface area contributed by atoms with Crippen molar-refractivity contribution in [1.82, 2.24) is 9.97 Å². The number of benzene rings is 1. The first kappa shape index (κ1) is 12.5. The third kappa shape index (κ3) is 2.46. The molecule has 2 aromatic heterocycles. The Morgan fingerprint density at radius 3 is 2.74 bits per heavy atom. The Kier molecular flexibility index (Phi) is 3.20. The summed E-state index contributed by atoms with van der Waals surface area (Å²) in [4.78, 5) is 16.8. The van der Waals surface area contributed by atoms with Gasteiger partial charge in [-0.3, -0.25) is 0 Å². The largest absolute Gasteiger partial charge is 0.378 e. The Bertz CT molecular complexity index is 760. The normalized spacial score (nSPS) is 12.7. The highest BCUT2D eigenvalue weighted by Gasteiger charge is 2.10. The summed E-state index contributed by atoms with van der Waals surface area (Å²) >= 11 is 5.21. The first-order valence-electron chi connectivity index (χ1n) is 5.83. The third-order valence-electron chi connectivity index (χ3n) is 3.02. The van der Waals surface area contributed by atoms with Crippen molar-refractivity contribution in [3.8, 4) is 0 Å². The number of nitrogens with one attached hydrogen (secondary N) is 3. The Hall–Kier alpha value is -1.53. The minimum atomic E-state index is -0.190. The molecule has 0 fully saturated rings. The minimum absolute atomic E-state index is 0.190. The number of aromatic nitrogens is 2. The molecule has 4 nitrogen and oxygen atoms in total. The van der Waals surface area contributed by atoms with Crippen LogP contribution in [-0.4, -0.2) is 9.97 Å². The standard InChI is InChI=1S/C13H12BrN3OS/c1-7(8-2-3-19-6-8)15-10-5-12-11(4-9(10)14)16-13(18)17-12/h2-7,15H,1H3,(H2,16,17,18). The predicted molar refractivity (Wildman–Crippen MR) is 83.0 cm³/mol. The first-order valence-corrected chi connectivity index (χ1v) is 7.57. The van der Waals surface area contributed by atoms with Gasteiger partial charge in [0.25, 0.3) is 0 Å². The fourth-order valence-corrected chi connectivity index (χ4v) is 3.22. The lowest BCUT2D eigenvalue weighted by molar-refractivity contribution is 0.890. The molecule has 0 radical (unpaired) electrons. The van der Waals surface area contributed by atoms with Crippen molar-refractivity contribution in [2.75, 3.05) is 5.32 Å². The van der Waals surface area contributed by atoms with Gasteiger partial charge in [0.15, 0.2) is 0 Å². The molecule has 6 heteroatoms. The van der Waals surface area contributed by atoms with Crippen molar-refractivity contribution in [2.45, 2.75) is 13.0 Å². The minimum Gasteiger partial charge on any atom is -0.378 e. The number of H-pyrrole nitrogens is 2. The van der Waals surface area contributed by atoms with Crippen LogP contribution in [0.3, 0.4) is 0 Å². The van der Waals surface area contributed by atoms with Gasteiger partial charge in [-0.1, -0.05) is 0 Å². The van der Waals surface area contributed by atoms with Crippen LogP contribution in [0.2, 0.25) is 0 Å². The van der Waals surface area contributed by atoms with Crippen LogP contribution in [0.1, 0.15) is 18.5 Å². The summed E-state index contributed by atoms with van der Waals surface area (Å²) in [5.74, 6) is 0. The smallest absolute Gasteiger partial charge is 0.323 e. The molecule has 2 heterocycles. The lowest BCUT2D eigenvalue weighted by atomic mass is 10.1. The summed E-state index contributed by atoms with van der Waals surface area (Å²) in [5.41, 5.74) is 3.62. The second-order valence-corrected chi connectivity index (χ2v) is 6.01. The average molecular weight is 338 g/mol. The Balaban J connectivity index is 1.96. The van der Waals surface area contributed by atoms with Crippen molar-refractivity contribution in [1.29, 1.82) is 0 Å². The Morgan fingerprint density at radius 2 is 2.05 bits per heavy atom. The summed E-state index contributed by atoms with van der Waals surface area (Å²) in [7, 11) is 0. The van der Waals surface area contributed by atoms with Crippen molar-refractivity contribution >= 4 is 44.0 Å². The van der Waals surface area contributed by atoms with Gasteiger partial charge >= 0.3 is 5.69 Å². The van der Waals surface area contributed by atoms with E-state index in [2.05, 4.69) is 55.0 Å². The highest BCUT2D eigenvalue weighted by molar-refractivity contribution is 9.10. The van der Waals surface area contributed by atoms with Crippen molar-refractivity contribution in [3.63, 3.8) is 0 Å². The molecule has 0 aliphatic rings. The van der Waals surface area contributed by atoms with E-state index in [1.54, 1.807) is 11.3 Å². The second-order valence-electron chi connectivity index (χ2n) is 4.38. The van der Waals surface area contributed by atoms with Crippen LogP contribution in [0.4, 0.5) is 5.69 Å². The van der Waals surface area contributed by atoms with Crippen LogP contribution < -0.4 is 11.0 Å². The second kappa shape index (κ2) is 4.86. The molecule has 1 atom stereocenters.